The van der Waals surface area contributed by atoms with Crippen LogP contribution in [0.4, 0.5) is 0 Å². The smallest absolute Gasteiger partial charge is 0.0151 e. The van der Waals surface area contributed by atoms with Crippen molar-refractivity contribution in [3.63, 3.8) is 0 Å². The Hall–Kier alpha value is -0.430. The van der Waals surface area contributed by atoms with Crippen LogP contribution in [0.3, 0.4) is 0 Å². The van der Waals surface area contributed by atoms with Gasteiger partial charge in [0.05, 0.1) is 0 Å². The summed E-state index contributed by atoms with van der Waals surface area (Å²) in [6, 6.07) is 11.3. The van der Waals surface area contributed by atoms with Crippen LogP contribution in [0, 0.1) is 6.07 Å². The third kappa shape index (κ3) is 2.44. The molecule has 53 valence electrons. The predicted molar refractivity (Wildman–Crippen MR) is 46.3 cm³/mol. The molecule has 0 saturated heterocycles. The minimum atomic E-state index is 1.19. The van der Waals surface area contributed by atoms with Crippen LogP contribution in [0.5, 0.6) is 0 Å². The zero-order valence-electron chi connectivity index (χ0n) is 6.13. The van der Waals surface area contributed by atoms with E-state index in [4.69, 9.17) is 0 Å². The first kappa shape index (κ1) is 7.67. The van der Waals surface area contributed by atoms with Gasteiger partial charge in [0, 0.05) is 4.90 Å². The summed E-state index contributed by atoms with van der Waals surface area (Å²) in [6.45, 7) is 2.19. The summed E-state index contributed by atoms with van der Waals surface area (Å²) < 4.78 is 0. The fraction of sp³-hybridized carbons (Fsp3) is 0.333. The molecule has 0 fully saturated rings. The SMILES string of the molecule is CCCSc1[c]cccc1. The van der Waals surface area contributed by atoms with Crippen LogP contribution in [0.25, 0.3) is 0 Å². The molecule has 0 nitrogen and oxygen atoms in total. The minimum absolute atomic E-state index is 1.19. The van der Waals surface area contributed by atoms with E-state index in [9.17, 15) is 0 Å². The second-order valence-corrected chi connectivity index (χ2v) is 3.21. The van der Waals surface area contributed by atoms with Crippen molar-refractivity contribution in [2.45, 2.75) is 18.2 Å². The standard InChI is InChI=1S/C9H11S/c1-2-8-10-9-6-4-3-5-7-9/h3-6H,2,8H2,1H3. The van der Waals surface area contributed by atoms with Crippen LogP contribution in [0.15, 0.2) is 29.2 Å². The molecule has 0 bridgehead atoms. The fourth-order valence-electron chi connectivity index (χ4n) is 0.679. The third-order valence-electron chi connectivity index (χ3n) is 1.14. The molecule has 0 unspecified atom stereocenters. The highest BCUT2D eigenvalue weighted by Gasteiger charge is 1.88. The van der Waals surface area contributed by atoms with E-state index < -0.39 is 0 Å². The van der Waals surface area contributed by atoms with Crippen LogP contribution in [-0.2, 0) is 0 Å². The first-order valence-electron chi connectivity index (χ1n) is 3.53. The average Bonchev–Trinajstić information content (AvgIpc) is 2.03. The molecular weight excluding hydrogens is 140 g/mol. The summed E-state index contributed by atoms with van der Waals surface area (Å²) in [5, 5.41) is 0. The highest BCUT2D eigenvalue weighted by Crippen LogP contribution is 2.16. The van der Waals surface area contributed by atoms with Gasteiger partial charge in [0.15, 0.2) is 0 Å². The lowest BCUT2D eigenvalue weighted by atomic mass is 10.4. The second kappa shape index (κ2) is 4.40. The van der Waals surface area contributed by atoms with Crippen LogP contribution in [0.2, 0.25) is 0 Å². The lowest BCUT2D eigenvalue weighted by Crippen LogP contribution is -1.73. The summed E-state index contributed by atoms with van der Waals surface area (Å²) >= 11 is 1.86. The van der Waals surface area contributed by atoms with Gasteiger partial charge in [-0.15, -0.1) is 11.8 Å². The topological polar surface area (TPSA) is 0 Å². The average molecular weight is 151 g/mol. The van der Waals surface area contributed by atoms with Gasteiger partial charge in [-0.25, -0.2) is 0 Å². The Bertz CT molecular complexity index is 169. The number of hydrogen-bond donors (Lipinski definition) is 0. The van der Waals surface area contributed by atoms with Crippen molar-refractivity contribution in [2.75, 3.05) is 5.75 Å². The number of thioether (sulfide) groups is 1. The quantitative estimate of drug-likeness (QED) is 0.598. The number of rotatable bonds is 3. The molecule has 0 N–H and O–H groups in total. The van der Waals surface area contributed by atoms with Crippen LogP contribution < -0.4 is 0 Å². The van der Waals surface area contributed by atoms with Crippen molar-refractivity contribution in [3.8, 4) is 0 Å². The zero-order valence-corrected chi connectivity index (χ0v) is 6.95. The van der Waals surface area contributed by atoms with Gasteiger partial charge in [0.25, 0.3) is 0 Å². The summed E-state index contributed by atoms with van der Waals surface area (Å²) in [4.78, 5) is 1.25. The molecule has 0 amide bonds. The molecule has 0 spiro atoms. The molecule has 0 atom stereocenters. The van der Waals surface area contributed by atoms with Crippen molar-refractivity contribution in [1.29, 1.82) is 0 Å². The van der Waals surface area contributed by atoms with E-state index in [2.05, 4.69) is 25.1 Å². The van der Waals surface area contributed by atoms with Gasteiger partial charge >= 0.3 is 0 Å². The maximum Gasteiger partial charge on any atom is 0.0151 e. The fourth-order valence-corrected chi connectivity index (χ4v) is 1.43. The van der Waals surface area contributed by atoms with Crippen LogP contribution >= 0.6 is 11.8 Å². The van der Waals surface area contributed by atoms with E-state index in [1.54, 1.807) is 0 Å². The zero-order chi connectivity index (χ0) is 7.23. The Morgan fingerprint density at radius 1 is 1.50 bits per heavy atom. The Labute approximate surface area is 66.6 Å². The molecular formula is C9H11S. The van der Waals surface area contributed by atoms with Gasteiger partial charge in [-0.2, -0.15) is 0 Å². The number of benzene rings is 1. The van der Waals surface area contributed by atoms with Gasteiger partial charge < -0.3 is 0 Å². The van der Waals surface area contributed by atoms with Crippen molar-refractivity contribution in [1.82, 2.24) is 0 Å². The van der Waals surface area contributed by atoms with E-state index in [1.807, 2.05) is 23.9 Å². The van der Waals surface area contributed by atoms with E-state index >= 15 is 0 Å². The van der Waals surface area contributed by atoms with Crippen molar-refractivity contribution in [2.24, 2.45) is 0 Å². The molecule has 1 heteroatoms. The summed E-state index contributed by atoms with van der Waals surface area (Å²) in [5.41, 5.74) is 0. The van der Waals surface area contributed by atoms with Crippen molar-refractivity contribution < 1.29 is 0 Å². The molecule has 0 aliphatic heterocycles. The highest BCUT2D eigenvalue weighted by atomic mass is 32.2. The van der Waals surface area contributed by atoms with E-state index in [0.29, 0.717) is 0 Å². The molecule has 1 aromatic carbocycles. The van der Waals surface area contributed by atoms with Gasteiger partial charge in [0.1, 0.15) is 0 Å². The van der Waals surface area contributed by atoms with E-state index in [0.717, 1.165) is 0 Å². The largest absolute Gasteiger partial charge is 0.126 e. The number of hydrogen-bond acceptors (Lipinski definition) is 1. The molecule has 0 aliphatic rings. The summed E-state index contributed by atoms with van der Waals surface area (Å²) in [6.07, 6.45) is 1.23. The van der Waals surface area contributed by atoms with E-state index in [-0.39, 0.29) is 0 Å². The molecule has 0 aromatic heterocycles. The lowest BCUT2D eigenvalue weighted by Gasteiger charge is -1.95. The monoisotopic (exact) mass is 151 g/mol. The third-order valence-corrected chi connectivity index (χ3v) is 2.32. The maximum atomic E-state index is 3.17. The van der Waals surface area contributed by atoms with Gasteiger partial charge in [0.2, 0.25) is 0 Å². The van der Waals surface area contributed by atoms with E-state index in [1.165, 1.54) is 17.1 Å². The van der Waals surface area contributed by atoms with Crippen LogP contribution in [-0.4, -0.2) is 5.75 Å². The second-order valence-electron chi connectivity index (χ2n) is 2.08. The van der Waals surface area contributed by atoms with Crippen LogP contribution in [0.1, 0.15) is 13.3 Å². The molecule has 1 radical (unpaired) electrons. The van der Waals surface area contributed by atoms with Crippen molar-refractivity contribution >= 4 is 11.8 Å². The normalized spacial score (nSPS) is 9.70. The maximum absolute atomic E-state index is 3.17. The predicted octanol–water partition coefficient (Wildman–Crippen LogP) is 2.99. The molecule has 1 aromatic rings. The van der Waals surface area contributed by atoms with Gasteiger partial charge in [-0.3, -0.25) is 0 Å². The molecule has 1 rings (SSSR count). The van der Waals surface area contributed by atoms with Gasteiger partial charge in [-0.05, 0) is 24.3 Å². The molecule has 0 aliphatic carbocycles. The Kier molecular flexibility index (Phi) is 3.37. The van der Waals surface area contributed by atoms with Crippen molar-refractivity contribution in [3.05, 3.63) is 30.3 Å². The van der Waals surface area contributed by atoms with Gasteiger partial charge in [-0.1, -0.05) is 25.1 Å². The Morgan fingerprint density at radius 3 is 3.00 bits per heavy atom. The highest BCUT2D eigenvalue weighted by molar-refractivity contribution is 7.99. The molecule has 10 heavy (non-hydrogen) atoms. The minimum Gasteiger partial charge on any atom is -0.126 e. The first-order chi connectivity index (χ1) is 4.93. The Balaban J connectivity index is 2.43. The molecule has 0 saturated carbocycles. The summed E-state index contributed by atoms with van der Waals surface area (Å²) in [5.74, 6) is 1.19. The lowest BCUT2D eigenvalue weighted by molar-refractivity contribution is 1.10. The Morgan fingerprint density at radius 2 is 2.40 bits per heavy atom. The molecule has 0 heterocycles. The first-order valence-corrected chi connectivity index (χ1v) is 4.51. The summed E-state index contributed by atoms with van der Waals surface area (Å²) in [7, 11) is 0.